The van der Waals surface area contributed by atoms with Crippen LogP contribution in [0.2, 0.25) is 0 Å². The fourth-order valence-electron chi connectivity index (χ4n) is 2.18. The van der Waals surface area contributed by atoms with Gasteiger partial charge < -0.3 is 15.4 Å². The second-order valence-corrected chi connectivity index (χ2v) is 8.56. The van der Waals surface area contributed by atoms with E-state index in [-0.39, 0.29) is 17.9 Å². The number of thiazole rings is 1. The largest absolute Gasteiger partial charge is 0.444 e. The van der Waals surface area contributed by atoms with Crippen LogP contribution < -0.4 is 10.6 Å². The summed E-state index contributed by atoms with van der Waals surface area (Å²) in [5.41, 5.74) is 0.205. The Morgan fingerprint density at radius 3 is 2.44 bits per heavy atom. The number of carbonyl (C=O) groups excluding carboxylic acids is 2. The lowest BCUT2D eigenvalue weighted by molar-refractivity contribution is 0.0487. The number of carbonyl (C=O) groups is 2. The maximum atomic E-state index is 12.4. The average Bonchev–Trinajstić information content (AvgIpc) is 2.82. The second-order valence-electron chi connectivity index (χ2n) is 7.48. The van der Waals surface area contributed by atoms with Gasteiger partial charge in [-0.3, -0.25) is 4.79 Å². The van der Waals surface area contributed by atoms with Crippen molar-refractivity contribution in [3.63, 3.8) is 0 Å². The van der Waals surface area contributed by atoms with E-state index in [1.807, 2.05) is 41.5 Å². The number of ether oxygens (including phenoxy) is 1. The molecule has 0 aromatic carbocycles. The Balaban J connectivity index is 2.65. The molecule has 0 aliphatic heterocycles. The summed E-state index contributed by atoms with van der Waals surface area (Å²) in [6.45, 7) is 13.7. The van der Waals surface area contributed by atoms with Crippen molar-refractivity contribution in [2.75, 3.05) is 6.54 Å². The second kappa shape index (κ2) is 9.17. The molecule has 7 heteroatoms. The van der Waals surface area contributed by atoms with Gasteiger partial charge >= 0.3 is 6.09 Å². The highest BCUT2D eigenvalue weighted by Gasteiger charge is 2.23. The molecule has 1 rings (SSSR count). The maximum absolute atomic E-state index is 12.4. The van der Waals surface area contributed by atoms with Crippen molar-refractivity contribution in [1.29, 1.82) is 0 Å². The molecule has 0 spiro atoms. The van der Waals surface area contributed by atoms with Gasteiger partial charge in [0.2, 0.25) is 0 Å². The molecule has 0 radical (unpaired) electrons. The monoisotopic (exact) mass is 369 g/mol. The third-order valence-corrected chi connectivity index (χ3v) is 4.72. The molecular formula is C18H31N3O3S. The van der Waals surface area contributed by atoms with Crippen molar-refractivity contribution in [2.45, 2.75) is 73.0 Å². The molecule has 0 aliphatic rings. The van der Waals surface area contributed by atoms with Crippen LogP contribution in [0.25, 0.3) is 0 Å². The van der Waals surface area contributed by atoms with Crippen LogP contribution >= 0.6 is 11.3 Å². The number of amides is 2. The summed E-state index contributed by atoms with van der Waals surface area (Å²) in [5.74, 6) is 0.0139. The van der Waals surface area contributed by atoms with Crippen LogP contribution in [0, 0.1) is 12.8 Å². The van der Waals surface area contributed by atoms with E-state index in [0.29, 0.717) is 11.4 Å². The normalized spacial score (nSPS) is 12.8. The van der Waals surface area contributed by atoms with Crippen LogP contribution in [0.4, 0.5) is 4.79 Å². The van der Waals surface area contributed by atoms with Crippen molar-refractivity contribution in [2.24, 2.45) is 5.92 Å². The smallest absolute Gasteiger partial charge is 0.407 e. The first-order valence-corrected chi connectivity index (χ1v) is 9.59. The van der Waals surface area contributed by atoms with Crippen LogP contribution in [-0.4, -0.2) is 35.2 Å². The van der Waals surface area contributed by atoms with E-state index in [2.05, 4.69) is 22.5 Å². The highest BCUT2D eigenvalue weighted by Crippen LogP contribution is 2.19. The van der Waals surface area contributed by atoms with Crippen LogP contribution in [-0.2, 0) is 11.2 Å². The van der Waals surface area contributed by atoms with Crippen molar-refractivity contribution >= 4 is 23.3 Å². The fourth-order valence-corrected chi connectivity index (χ4v) is 3.26. The Labute approximate surface area is 154 Å². The minimum absolute atomic E-state index is 0.144. The van der Waals surface area contributed by atoms with Gasteiger partial charge in [0, 0.05) is 6.54 Å². The molecule has 2 amide bonds. The Morgan fingerprint density at radius 2 is 1.92 bits per heavy atom. The van der Waals surface area contributed by atoms with Crippen LogP contribution in [0.15, 0.2) is 0 Å². The molecule has 25 heavy (non-hydrogen) atoms. The van der Waals surface area contributed by atoms with Crippen LogP contribution in [0.3, 0.4) is 0 Å². The molecule has 0 bridgehead atoms. The van der Waals surface area contributed by atoms with E-state index in [1.54, 1.807) is 0 Å². The molecular weight excluding hydrogens is 338 g/mol. The van der Waals surface area contributed by atoms with E-state index >= 15 is 0 Å². The Kier molecular flexibility index (Phi) is 7.86. The SMILES string of the molecule is CCCc1nc(C)c(C(=O)NCC(NC(=O)OC(C)(C)C)C(C)C)s1. The molecule has 1 heterocycles. The summed E-state index contributed by atoms with van der Waals surface area (Å²) in [4.78, 5) is 29.5. The maximum Gasteiger partial charge on any atom is 0.407 e. The van der Waals surface area contributed by atoms with E-state index in [4.69, 9.17) is 4.74 Å². The lowest BCUT2D eigenvalue weighted by atomic mass is 10.0. The molecule has 6 nitrogen and oxygen atoms in total. The molecule has 2 N–H and O–H groups in total. The summed E-state index contributed by atoms with van der Waals surface area (Å²) >= 11 is 1.44. The van der Waals surface area contributed by atoms with Crippen LogP contribution in [0.1, 0.15) is 68.3 Å². The van der Waals surface area contributed by atoms with Gasteiger partial charge in [0.25, 0.3) is 5.91 Å². The number of aromatic nitrogens is 1. The zero-order valence-corrected chi connectivity index (χ0v) is 17.2. The quantitative estimate of drug-likeness (QED) is 0.768. The van der Waals surface area contributed by atoms with Gasteiger partial charge in [-0.15, -0.1) is 11.3 Å². The predicted molar refractivity (Wildman–Crippen MR) is 101 cm³/mol. The third-order valence-electron chi connectivity index (χ3n) is 3.50. The Morgan fingerprint density at radius 1 is 1.28 bits per heavy atom. The molecule has 1 aromatic heterocycles. The lowest BCUT2D eigenvalue weighted by Crippen LogP contribution is -2.48. The van der Waals surface area contributed by atoms with Gasteiger partial charge in [0.05, 0.1) is 16.7 Å². The molecule has 1 atom stereocenters. The van der Waals surface area contributed by atoms with E-state index < -0.39 is 11.7 Å². The molecule has 0 aliphatic carbocycles. The zero-order chi connectivity index (χ0) is 19.2. The molecule has 0 saturated heterocycles. The van der Waals surface area contributed by atoms with Gasteiger partial charge in [-0.05, 0) is 46.5 Å². The summed E-state index contributed by atoms with van der Waals surface area (Å²) in [6, 6.07) is -0.206. The summed E-state index contributed by atoms with van der Waals surface area (Å²) < 4.78 is 5.29. The average molecular weight is 370 g/mol. The Hall–Kier alpha value is -1.63. The number of alkyl carbamates (subject to hydrolysis) is 1. The van der Waals surface area contributed by atoms with Gasteiger partial charge in [-0.2, -0.15) is 0 Å². The van der Waals surface area contributed by atoms with Crippen molar-refractivity contribution in [3.05, 3.63) is 15.6 Å². The lowest BCUT2D eigenvalue weighted by Gasteiger charge is -2.26. The first-order valence-electron chi connectivity index (χ1n) is 8.77. The molecule has 1 unspecified atom stereocenters. The third kappa shape index (κ3) is 7.42. The summed E-state index contributed by atoms with van der Waals surface area (Å²) in [6.07, 6.45) is 1.41. The number of hydrogen-bond acceptors (Lipinski definition) is 5. The van der Waals surface area contributed by atoms with Gasteiger partial charge in [0.1, 0.15) is 10.5 Å². The van der Waals surface area contributed by atoms with E-state index in [9.17, 15) is 9.59 Å². The number of nitrogens with zero attached hydrogens (tertiary/aromatic N) is 1. The summed E-state index contributed by atoms with van der Waals surface area (Å²) in [5, 5.41) is 6.72. The van der Waals surface area contributed by atoms with Crippen molar-refractivity contribution in [1.82, 2.24) is 15.6 Å². The highest BCUT2D eigenvalue weighted by atomic mass is 32.1. The van der Waals surface area contributed by atoms with E-state index in [1.165, 1.54) is 11.3 Å². The number of rotatable bonds is 7. The number of nitrogens with one attached hydrogen (secondary N) is 2. The first-order chi connectivity index (χ1) is 11.5. The minimum atomic E-state index is -0.551. The van der Waals surface area contributed by atoms with Gasteiger partial charge in [0.15, 0.2) is 0 Å². The minimum Gasteiger partial charge on any atom is -0.444 e. The molecule has 0 fully saturated rings. The molecule has 0 saturated carbocycles. The van der Waals surface area contributed by atoms with Gasteiger partial charge in [-0.25, -0.2) is 9.78 Å². The summed E-state index contributed by atoms with van der Waals surface area (Å²) in [7, 11) is 0. The molecule has 1 aromatic rings. The first kappa shape index (κ1) is 21.4. The van der Waals surface area contributed by atoms with Crippen LogP contribution in [0.5, 0.6) is 0 Å². The topological polar surface area (TPSA) is 80.3 Å². The predicted octanol–water partition coefficient (Wildman–Crippen LogP) is 3.68. The van der Waals surface area contributed by atoms with Crippen molar-refractivity contribution in [3.8, 4) is 0 Å². The Bertz CT molecular complexity index is 591. The molecule has 142 valence electrons. The number of hydrogen-bond donors (Lipinski definition) is 2. The fraction of sp³-hybridized carbons (Fsp3) is 0.722. The standard InChI is InChI=1S/C18H31N3O3S/c1-8-9-14-20-12(4)15(25-14)16(22)19-10-13(11(2)3)21-17(23)24-18(5,6)7/h11,13H,8-10H2,1-7H3,(H,19,22)(H,21,23). The van der Waals surface area contributed by atoms with Crippen molar-refractivity contribution < 1.29 is 14.3 Å². The van der Waals surface area contributed by atoms with Gasteiger partial charge in [-0.1, -0.05) is 20.8 Å². The zero-order valence-electron chi connectivity index (χ0n) is 16.4. The van der Waals surface area contributed by atoms with E-state index in [0.717, 1.165) is 23.5 Å². The number of aryl methyl sites for hydroxylation is 2. The highest BCUT2D eigenvalue weighted by molar-refractivity contribution is 7.13.